The predicted molar refractivity (Wildman–Crippen MR) is 158 cm³/mol. The molecule has 4 bridgehead atoms. The molecule has 46 heavy (non-hydrogen) atoms. The van der Waals surface area contributed by atoms with E-state index in [9.17, 15) is 17.6 Å². The molecular formula is C31H34F5N7O3. The molecule has 0 saturated carbocycles. The van der Waals surface area contributed by atoms with E-state index in [1.54, 1.807) is 0 Å². The van der Waals surface area contributed by atoms with Crippen molar-refractivity contribution < 1.29 is 36.2 Å². The van der Waals surface area contributed by atoms with Gasteiger partial charge in [0.1, 0.15) is 34.3 Å². The Balaban J connectivity index is 1.24. The molecule has 7 heterocycles. The summed E-state index contributed by atoms with van der Waals surface area (Å²) in [5.41, 5.74) is 1.38. The molecule has 0 spiro atoms. The first-order chi connectivity index (χ1) is 22.0. The van der Waals surface area contributed by atoms with Crippen molar-refractivity contribution in [3.63, 3.8) is 0 Å². The average molecular weight is 648 g/mol. The number of hydrogen-bond donors (Lipinski definition) is 2. The smallest absolute Gasteiger partial charge is 0.417 e. The molecule has 0 aliphatic carbocycles. The Labute approximate surface area is 261 Å². The maximum atomic E-state index is 16.7. The highest BCUT2D eigenvalue weighted by Crippen LogP contribution is 2.47. The van der Waals surface area contributed by atoms with Crippen LogP contribution in [0.2, 0.25) is 0 Å². The third-order valence-electron chi connectivity index (χ3n) is 10.1. The number of nitrogens with zero attached hydrogens (tertiary/aromatic N) is 5. The fraction of sp³-hybridized carbons (Fsp3) is 0.581. The van der Waals surface area contributed by atoms with Crippen molar-refractivity contribution in [1.82, 2.24) is 25.2 Å². The molecule has 0 radical (unpaired) electrons. The number of alkyl halides is 3. The zero-order chi connectivity index (χ0) is 32.1. The first kappa shape index (κ1) is 29.8. The molecule has 3 aromatic rings. The van der Waals surface area contributed by atoms with Gasteiger partial charge in [-0.3, -0.25) is 4.90 Å². The number of morpholine rings is 1. The molecule has 246 valence electrons. The second kappa shape index (κ2) is 10.7. The fourth-order valence-electron chi connectivity index (χ4n) is 8.09. The van der Waals surface area contributed by atoms with Gasteiger partial charge in [-0.15, -0.1) is 0 Å². The Kier molecular flexibility index (Phi) is 6.96. The Morgan fingerprint density at radius 3 is 2.70 bits per heavy atom. The predicted octanol–water partition coefficient (Wildman–Crippen LogP) is 4.21. The second-order valence-corrected chi connectivity index (χ2v) is 13.0. The second-order valence-electron chi connectivity index (χ2n) is 13.0. The maximum Gasteiger partial charge on any atom is 0.417 e. The zero-order valence-corrected chi connectivity index (χ0v) is 25.3. The number of ether oxygens (including phenoxy) is 3. The molecule has 8 rings (SSSR count). The van der Waals surface area contributed by atoms with Gasteiger partial charge in [0.05, 0.1) is 36.6 Å². The molecule has 5 aliphatic heterocycles. The summed E-state index contributed by atoms with van der Waals surface area (Å²) in [6.07, 6.45) is -1.71. The number of aromatic nitrogens is 3. The number of fused-ring (bicyclic) bond motifs is 7. The van der Waals surface area contributed by atoms with Crippen LogP contribution in [0.4, 0.5) is 33.5 Å². The SMILES string of the molecule is Cc1c(F)c(N)cc(-c2nc3c4c(nc(OCCCN5C[C@H]6C[C@@H]5CO6)nc4c2F)N2C[C@H]4CC[C@H](N4)[C@H]2[C@H](C)O3)c1C(F)(F)F. The van der Waals surface area contributed by atoms with Crippen LogP contribution in [0.25, 0.3) is 22.2 Å². The van der Waals surface area contributed by atoms with Crippen LogP contribution in [0.5, 0.6) is 11.9 Å². The van der Waals surface area contributed by atoms with Crippen molar-refractivity contribution in [2.24, 2.45) is 0 Å². The Morgan fingerprint density at radius 1 is 1.13 bits per heavy atom. The zero-order valence-electron chi connectivity index (χ0n) is 25.3. The van der Waals surface area contributed by atoms with Gasteiger partial charge in [0.2, 0.25) is 5.88 Å². The largest absolute Gasteiger partial charge is 0.472 e. The van der Waals surface area contributed by atoms with E-state index in [0.29, 0.717) is 24.8 Å². The lowest BCUT2D eigenvalue weighted by Gasteiger charge is -2.42. The summed E-state index contributed by atoms with van der Waals surface area (Å²) in [6, 6.07) is 1.09. The van der Waals surface area contributed by atoms with Crippen molar-refractivity contribution in [1.29, 1.82) is 0 Å². The van der Waals surface area contributed by atoms with E-state index in [2.05, 4.69) is 25.1 Å². The highest BCUT2D eigenvalue weighted by Gasteiger charge is 2.47. The van der Waals surface area contributed by atoms with Crippen LogP contribution in [0.15, 0.2) is 6.07 Å². The summed E-state index contributed by atoms with van der Waals surface area (Å²) in [7, 11) is 0. The Morgan fingerprint density at radius 2 is 1.96 bits per heavy atom. The molecule has 5 aliphatic rings. The Hall–Kier alpha value is -3.56. The van der Waals surface area contributed by atoms with Crippen LogP contribution >= 0.6 is 0 Å². The number of nitrogen functional groups attached to an aromatic ring is 1. The third kappa shape index (κ3) is 4.72. The number of pyridine rings is 1. The first-order valence-corrected chi connectivity index (χ1v) is 15.7. The molecule has 15 heteroatoms. The van der Waals surface area contributed by atoms with Crippen LogP contribution < -0.4 is 25.4 Å². The molecule has 6 atom stereocenters. The molecule has 1 aromatic carbocycles. The van der Waals surface area contributed by atoms with Crippen LogP contribution in [0, 0.1) is 18.6 Å². The number of nitrogens with two attached hydrogens (primary N) is 1. The van der Waals surface area contributed by atoms with Gasteiger partial charge in [-0.25, -0.2) is 13.8 Å². The van der Waals surface area contributed by atoms with Crippen LogP contribution in [-0.2, 0) is 10.9 Å². The van der Waals surface area contributed by atoms with E-state index >= 15 is 4.39 Å². The topological polar surface area (TPSA) is 111 Å². The van der Waals surface area contributed by atoms with Gasteiger partial charge < -0.3 is 30.2 Å². The minimum Gasteiger partial charge on any atom is -0.472 e. The van der Waals surface area contributed by atoms with Crippen molar-refractivity contribution >= 4 is 22.4 Å². The minimum absolute atomic E-state index is 0.0536. The van der Waals surface area contributed by atoms with Gasteiger partial charge in [-0.2, -0.15) is 23.1 Å². The molecule has 2 aromatic heterocycles. The van der Waals surface area contributed by atoms with Crippen LogP contribution in [-0.4, -0.2) is 89.1 Å². The lowest BCUT2D eigenvalue weighted by atomic mass is 9.96. The molecule has 4 fully saturated rings. The number of rotatable bonds is 6. The average Bonchev–Trinajstić information content (AvgIpc) is 3.72. The van der Waals surface area contributed by atoms with Crippen LogP contribution in [0.3, 0.4) is 0 Å². The monoisotopic (exact) mass is 647 g/mol. The van der Waals surface area contributed by atoms with Crippen molar-refractivity contribution in [3.05, 3.63) is 28.8 Å². The van der Waals surface area contributed by atoms with Gasteiger partial charge in [-0.1, -0.05) is 0 Å². The van der Waals surface area contributed by atoms with E-state index in [-0.39, 0.29) is 53.6 Å². The number of halogens is 5. The molecular weight excluding hydrogens is 613 g/mol. The fourth-order valence-corrected chi connectivity index (χ4v) is 8.09. The quantitative estimate of drug-likeness (QED) is 0.229. The van der Waals surface area contributed by atoms with Gasteiger partial charge in [0, 0.05) is 43.3 Å². The van der Waals surface area contributed by atoms with E-state index < -0.39 is 52.0 Å². The maximum absolute atomic E-state index is 16.7. The first-order valence-electron chi connectivity index (χ1n) is 15.7. The van der Waals surface area contributed by atoms with Crippen molar-refractivity contribution in [3.8, 4) is 23.1 Å². The number of benzene rings is 1. The lowest BCUT2D eigenvalue weighted by Crippen LogP contribution is -2.62. The van der Waals surface area contributed by atoms with Gasteiger partial charge in [0.15, 0.2) is 5.82 Å². The number of hydrogen-bond acceptors (Lipinski definition) is 10. The van der Waals surface area contributed by atoms with E-state index in [4.69, 9.17) is 24.9 Å². The van der Waals surface area contributed by atoms with E-state index in [1.807, 2.05) is 6.92 Å². The normalized spacial score (nSPS) is 28.5. The summed E-state index contributed by atoms with van der Waals surface area (Å²) in [4.78, 5) is 17.9. The standard InChI is InChI=1S/C31H34F5N7O3/c1-13-22(31(34,35)36)18(9-19(37)23(13)32)25-24(33)26-21-28(41-30(40-26)44-7-3-6-42-11-17-8-16(42)12-45-17)43-10-15-4-5-20(38-15)27(43)14(2)46-29(21)39-25/h9,14-17,20,27,38H,3-8,10-12,37H2,1-2H3/t14-,15+,16+,17+,20-,27+/m0/s1. The molecule has 10 nitrogen and oxygen atoms in total. The summed E-state index contributed by atoms with van der Waals surface area (Å²) in [5.74, 6) is -2.11. The summed E-state index contributed by atoms with van der Waals surface area (Å²) < 4.78 is 92.4. The Bertz CT molecular complexity index is 1720. The number of likely N-dealkylation sites (tertiary alicyclic amines) is 1. The molecule has 0 unspecified atom stereocenters. The summed E-state index contributed by atoms with van der Waals surface area (Å²) in [6.45, 7) is 6.01. The number of anilines is 2. The van der Waals surface area contributed by atoms with Crippen molar-refractivity contribution in [2.75, 3.05) is 43.5 Å². The lowest BCUT2D eigenvalue weighted by molar-refractivity contribution is -0.137. The third-order valence-corrected chi connectivity index (χ3v) is 10.1. The number of piperazine rings is 1. The number of nitrogens with one attached hydrogen (secondary N) is 1. The van der Waals surface area contributed by atoms with Gasteiger partial charge in [-0.05, 0) is 51.2 Å². The van der Waals surface area contributed by atoms with Gasteiger partial charge >= 0.3 is 12.2 Å². The minimum atomic E-state index is -5.03. The van der Waals surface area contributed by atoms with Crippen molar-refractivity contribution in [2.45, 2.75) is 82.1 Å². The summed E-state index contributed by atoms with van der Waals surface area (Å²) >= 11 is 0. The van der Waals surface area contributed by atoms with E-state index in [1.165, 1.54) is 0 Å². The highest BCUT2D eigenvalue weighted by molar-refractivity contribution is 5.97. The van der Waals surface area contributed by atoms with Crippen LogP contribution in [0.1, 0.15) is 43.7 Å². The molecule has 4 saturated heterocycles. The molecule has 3 N–H and O–H groups in total. The van der Waals surface area contributed by atoms with Gasteiger partial charge in [0.25, 0.3) is 0 Å². The van der Waals surface area contributed by atoms with E-state index in [0.717, 1.165) is 51.9 Å². The molecule has 0 amide bonds. The highest BCUT2D eigenvalue weighted by atomic mass is 19.4. The summed E-state index contributed by atoms with van der Waals surface area (Å²) in [5, 5.41) is 3.76.